The third kappa shape index (κ3) is 7.28. The van der Waals surface area contributed by atoms with E-state index in [4.69, 9.17) is 9.47 Å². The van der Waals surface area contributed by atoms with Gasteiger partial charge in [-0.05, 0) is 6.92 Å². The number of aliphatic hydroxyl groups is 1. The molecule has 1 aliphatic heterocycles. The number of amides is 1. The average Bonchev–Trinajstić information content (AvgIpc) is 2.82. The molecule has 17 heteroatoms. The van der Waals surface area contributed by atoms with E-state index in [-0.39, 0.29) is 38.6 Å². The SMILES string of the molecule is C[C@@H](COC[C@H](O)C(=O)N1CCN(c2cnc(C(F)(F)F)cn2)CC1)Oc1cn[nH]c(=O)c1C(F)(F)F. The van der Waals surface area contributed by atoms with Gasteiger partial charge in [-0.2, -0.15) is 31.4 Å². The highest BCUT2D eigenvalue weighted by atomic mass is 19.4. The van der Waals surface area contributed by atoms with Crippen molar-refractivity contribution in [3.05, 3.63) is 40.2 Å². The Kier molecular flexibility index (Phi) is 8.57. The van der Waals surface area contributed by atoms with Crippen LogP contribution in [-0.4, -0.2) is 87.7 Å². The molecule has 3 heterocycles. The minimum absolute atomic E-state index is 0.147. The number of H-pyrrole nitrogens is 1. The quantitative estimate of drug-likeness (QED) is 0.472. The zero-order chi connectivity index (χ0) is 27.4. The smallest absolute Gasteiger partial charge is 0.434 e. The Morgan fingerprint density at radius 2 is 1.73 bits per heavy atom. The van der Waals surface area contributed by atoms with E-state index < -0.39 is 59.6 Å². The van der Waals surface area contributed by atoms with Crippen molar-refractivity contribution in [2.75, 3.05) is 44.3 Å². The summed E-state index contributed by atoms with van der Waals surface area (Å²) in [6.07, 6.45) is -9.83. The number of carbonyl (C=O) groups is 1. The monoisotopic (exact) mass is 540 g/mol. The zero-order valence-corrected chi connectivity index (χ0v) is 19.2. The van der Waals surface area contributed by atoms with E-state index in [2.05, 4.69) is 15.1 Å². The molecular formula is C20H22F6N6O5. The lowest BCUT2D eigenvalue weighted by molar-refractivity contribution is -0.145. The van der Waals surface area contributed by atoms with Gasteiger partial charge in [-0.3, -0.25) is 9.59 Å². The van der Waals surface area contributed by atoms with Crippen LogP contribution in [0.3, 0.4) is 0 Å². The number of halogens is 6. The second-order valence-electron chi connectivity index (χ2n) is 7.99. The van der Waals surface area contributed by atoms with Crippen molar-refractivity contribution in [3.8, 4) is 5.75 Å². The van der Waals surface area contributed by atoms with Gasteiger partial charge in [0.15, 0.2) is 23.1 Å². The third-order valence-corrected chi connectivity index (χ3v) is 5.19. The Labute approximate surface area is 205 Å². The Morgan fingerprint density at radius 1 is 1.05 bits per heavy atom. The molecule has 0 unspecified atom stereocenters. The lowest BCUT2D eigenvalue weighted by Gasteiger charge is -2.36. The second-order valence-corrected chi connectivity index (χ2v) is 7.99. The number of hydrogen-bond acceptors (Lipinski definition) is 9. The molecule has 2 atom stereocenters. The Balaban J connectivity index is 1.44. The minimum Gasteiger partial charge on any atom is -0.486 e. The number of alkyl halides is 6. The highest BCUT2D eigenvalue weighted by molar-refractivity contribution is 5.81. The van der Waals surface area contributed by atoms with Gasteiger partial charge in [0.1, 0.15) is 11.9 Å². The Hall–Kier alpha value is -3.47. The van der Waals surface area contributed by atoms with Crippen LogP contribution in [0.4, 0.5) is 32.2 Å². The molecule has 37 heavy (non-hydrogen) atoms. The van der Waals surface area contributed by atoms with E-state index in [9.17, 15) is 41.0 Å². The molecule has 204 valence electrons. The number of nitrogens with one attached hydrogen (secondary N) is 1. The maximum Gasteiger partial charge on any atom is 0.434 e. The largest absolute Gasteiger partial charge is 0.486 e. The second kappa shape index (κ2) is 11.3. The summed E-state index contributed by atoms with van der Waals surface area (Å²) >= 11 is 0. The van der Waals surface area contributed by atoms with Crippen molar-refractivity contribution < 1.29 is 45.7 Å². The summed E-state index contributed by atoms with van der Waals surface area (Å²) in [6, 6.07) is 0. The van der Waals surface area contributed by atoms with Gasteiger partial charge in [-0.1, -0.05) is 0 Å². The number of ether oxygens (including phenoxy) is 2. The van der Waals surface area contributed by atoms with Crippen LogP contribution in [0, 0.1) is 0 Å². The molecule has 0 bridgehead atoms. The summed E-state index contributed by atoms with van der Waals surface area (Å²) in [7, 11) is 0. The van der Waals surface area contributed by atoms with Crippen LogP contribution in [0.1, 0.15) is 18.2 Å². The van der Waals surface area contributed by atoms with Crippen LogP contribution in [0.25, 0.3) is 0 Å². The molecule has 0 saturated carbocycles. The topological polar surface area (TPSA) is 134 Å². The molecule has 2 aromatic heterocycles. The summed E-state index contributed by atoms with van der Waals surface area (Å²) < 4.78 is 87.4. The van der Waals surface area contributed by atoms with Gasteiger partial charge in [0, 0.05) is 26.2 Å². The number of nitrogens with zero attached hydrogens (tertiary/aromatic N) is 5. The lowest BCUT2D eigenvalue weighted by Crippen LogP contribution is -2.52. The number of aliphatic hydroxyl groups excluding tert-OH is 1. The molecular weight excluding hydrogens is 518 g/mol. The Morgan fingerprint density at radius 3 is 2.30 bits per heavy atom. The number of anilines is 1. The van der Waals surface area contributed by atoms with E-state index in [1.54, 1.807) is 10.00 Å². The maximum atomic E-state index is 13.1. The van der Waals surface area contributed by atoms with Gasteiger partial charge in [-0.15, -0.1) is 0 Å². The van der Waals surface area contributed by atoms with E-state index in [1.165, 1.54) is 11.8 Å². The van der Waals surface area contributed by atoms with Gasteiger partial charge >= 0.3 is 12.4 Å². The van der Waals surface area contributed by atoms with Crippen molar-refractivity contribution in [3.63, 3.8) is 0 Å². The van der Waals surface area contributed by atoms with Crippen LogP contribution in [0.15, 0.2) is 23.4 Å². The van der Waals surface area contributed by atoms with Crippen molar-refractivity contribution in [1.82, 2.24) is 25.1 Å². The number of carbonyl (C=O) groups excluding carboxylic acids is 1. The van der Waals surface area contributed by atoms with Crippen molar-refractivity contribution in [1.29, 1.82) is 0 Å². The molecule has 0 aromatic carbocycles. The molecule has 1 aliphatic rings. The van der Waals surface area contributed by atoms with Crippen LogP contribution >= 0.6 is 0 Å². The Bertz CT molecular complexity index is 1120. The van der Waals surface area contributed by atoms with Crippen molar-refractivity contribution in [2.24, 2.45) is 0 Å². The highest BCUT2D eigenvalue weighted by Gasteiger charge is 2.39. The molecule has 11 nitrogen and oxygen atoms in total. The van der Waals surface area contributed by atoms with Crippen molar-refractivity contribution in [2.45, 2.75) is 31.5 Å². The van der Waals surface area contributed by atoms with Gasteiger partial charge in [0.05, 0.1) is 31.8 Å². The fourth-order valence-electron chi connectivity index (χ4n) is 3.40. The minimum atomic E-state index is -4.97. The molecule has 2 N–H and O–H groups in total. The van der Waals surface area contributed by atoms with Crippen LogP contribution in [-0.2, 0) is 21.9 Å². The molecule has 2 aromatic rings. The number of hydrogen-bond donors (Lipinski definition) is 2. The molecule has 1 fully saturated rings. The number of aromatic amines is 1. The molecule has 3 rings (SSSR count). The average molecular weight is 540 g/mol. The first kappa shape index (κ1) is 28.1. The normalized spacial score (nSPS) is 16.4. The van der Waals surface area contributed by atoms with E-state index in [0.29, 0.717) is 12.4 Å². The van der Waals surface area contributed by atoms with Gasteiger partial charge < -0.3 is 24.4 Å². The van der Waals surface area contributed by atoms with Crippen LogP contribution in [0.5, 0.6) is 5.75 Å². The van der Waals surface area contributed by atoms with Gasteiger partial charge in [0.2, 0.25) is 0 Å². The summed E-state index contributed by atoms with van der Waals surface area (Å²) in [6.45, 7) is 1.33. The number of rotatable bonds is 8. The van der Waals surface area contributed by atoms with Crippen LogP contribution in [0.2, 0.25) is 0 Å². The molecule has 1 saturated heterocycles. The van der Waals surface area contributed by atoms with Crippen LogP contribution < -0.4 is 15.2 Å². The third-order valence-electron chi connectivity index (χ3n) is 5.19. The number of aromatic nitrogens is 4. The lowest BCUT2D eigenvalue weighted by atomic mass is 10.2. The molecule has 0 aliphatic carbocycles. The first-order valence-corrected chi connectivity index (χ1v) is 10.8. The standard InChI is InChI=1S/C20H22F6N6O5/c1-11(37-13-6-29-30-17(34)16(13)20(24,25)26)9-36-10-12(33)18(35)32-4-2-31(3-5-32)15-8-27-14(7-28-15)19(21,22)23/h6-8,11-12,33H,2-5,9-10H2,1H3,(H,30,34)/t11-,12-/m0/s1. The highest BCUT2D eigenvalue weighted by Crippen LogP contribution is 2.33. The summed E-state index contributed by atoms with van der Waals surface area (Å²) in [5, 5.41) is 15.1. The fraction of sp³-hybridized carbons (Fsp3) is 0.550. The molecule has 0 spiro atoms. The fourth-order valence-corrected chi connectivity index (χ4v) is 3.40. The zero-order valence-electron chi connectivity index (χ0n) is 19.2. The van der Waals surface area contributed by atoms with Gasteiger partial charge in [0.25, 0.3) is 11.5 Å². The predicted molar refractivity (Wildman–Crippen MR) is 113 cm³/mol. The number of piperazine rings is 1. The molecule has 0 radical (unpaired) electrons. The van der Waals surface area contributed by atoms with Crippen molar-refractivity contribution >= 4 is 11.7 Å². The summed E-state index contributed by atoms with van der Waals surface area (Å²) in [5.74, 6) is -1.24. The first-order chi connectivity index (χ1) is 17.3. The maximum absolute atomic E-state index is 13.1. The van der Waals surface area contributed by atoms with E-state index in [0.717, 1.165) is 6.20 Å². The summed E-state index contributed by atoms with van der Waals surface area (Å²) in [5.41, 5.74) is -4.14. The first-order valence-electron chi connectivity index (χ1n) is 10.8. The van der Waals surface area contributed by atoms with E-state index in [1.807, 2.05) is 0 Å². The molecule has 1 amide bonds. The van der Waals surface area contributed by atoms with Gasteiger partial charge in [-0.25, -0.2) is 15.1 Å². The predicted octanol–water partition coefficient (Wildman–Crippen LogP) is 1.09. The van der Waals surface area contributed by atoms with E-state index >= 15 is 0 Å². The summed E-state index contributed by atoms with van der Waals surface area (Å²) in [4.78, 5) is 34.0.